The molecule has 9 heteroatoms. The zero-order valence-corrected chi connectivity index (χ0v) is 16.6. The smallest absolute Gasteiger partial charge is 0.546 e. The van der Waals surface area contributed by atoms with Gasteiger partial charge in [0.2, 0.25) is 0 Å². The Morgan fingerprint density at radius 1 is 1.04 bits per heavy atom. The minimum Gasteiger partial charge on any atom is -0.546 e. The minimum absolute atomic E-state index is 0. The van der Waals surface area contributed by atoms with E-state index in [2.05, 4.69) is 0 Å². The van der Waals surface area contributed by atoms with E-state index in [4.69, 9.17) is 16.3 Å². The van der Waals surface area contributed by atoms with Crippen LogP contribution < -0.4 is 39.4 Å². The SMILES string of the molecule is O=C([O-])COc1cc(O)c(C(=O)CCc2ccc(Cl)c(O)c2)c(O)c1.[Na+]. The van der Waals surface area contributed by atoms with Gasteiger partial charge in [-0.05, 0) is 24.1 Å². The number of aryl methyl sites for hydroxylation is 1. The number of hydrogen-bond donors (Lipinski definition) is 3. The molecule has 0 spiro atoms. The van der Waals surface area contributed by atoms with Crippen LogP contribution in [0.4, 0.5) is 0 Å². The average molecular weight is 389 g/mol. The second-order valence-corrected chi connectivity index (χ2v) is 5.61. The van der Waals surface area contributed by atoms with Gasteiger partial charge in [0.05, 0.1) is 11.0 Å². The van der Waals surface area contributed by atoms with E-state index in [1.165, 1.54) is 12.1 Å². The molecule has 0 unspecified atom stereocenters. The summed E-state index contributed by atoms with van der Waals surface area (Å²) in [5.74, 6) is -3.28. The maximum Gasteiger partial charge on any atom is 1.00 e. The number of halogens is 1. The van der Waals surface area contributed by atoms with Crippen LogP contribution in [-0.2, 0) is 11.2 Å². The maximum atomic E-state index is 12.2. The first-order valence-electron chi connectivity index (χ1n) is 7.17. The number of ketones is 1. The molecule has 7 nitrogen and oxygen atoms in total. The van der Waals surface area contributed by atoms with Crippen LogP contribution >= 0.6 is 11.6 Å². The van der Waals surface area contributed by atoms with E-state index >= 15 is 0 Å². The van der Waals surface area contributed by atoms with E-state index in [1.54, 1.807) is 6.07 Å². The van der Waals surface area contributed by atoms with Crippen LogP contribution in [0.5, 0.6) is 23.0 Å². The molecule has 0 aliphatic rings. The van der Waals surface area contributed by atoms with Crippen molar-refractivity contribution in [2.75, 3.05) is 6.61 Å². The zero-order chi connectivity index (χ0) is 18.6. The number of carbonyl (C=O) groups is 2. The topological polar surface area (TPSA) is 127 Å². The molecule has 0 amide bonds. The van der Waals surface area contributed by atoms with Gasteiger partial charge in [-0.25, -0.2) is 0 Å². The van der Waals surface area contributed by atoms with Crippen molar-refractivity contribution in [1.82, 2.24) is 0 Å². The fraction of sp³-hybridized carbons (Fsp3) is 0.176. The number of benzene rings is 2. The molecule has 132 valence electrons. The maximum absolute atomic E-state index is 12.2. The summed E-state index contributed by atoms with van der Waals surface area (Å²) in [7, 11) is 0. The van der Waals surface area contributed by atoms with E-state index in [0.29, 0.717) is 5.56 Å². The predicted octanol–water partition coefficient (Wildman–Crippen LogP) is -1.60. The first-order chi connectivity index (χ1) is 11.8. The van der Waals surface area contributed by atoms with Gasteiger partial charge in [-0.3, -0.25) is 4.79 Å². The van der Waals surface area contributed by atoms with Gasteiger partial charge in [0.25, 0.3) is 0 Å². The Bertz CT molecular complexity index is 800. The Morgan fingerprint density at radius 2 is 1.65 bits per heavy atom. The Hall–Kier alpha value is -1.93. The van der Waals surface area contributed by atoms with Crippen LogP contribution in [0.15, 0.2) is 30.3 Å². The van der Waals surface area contributed by atoms with E-state index in [1.807, 2.05) is 0 Å². The van der Waals surface area contributed by atoms with Gasteiger partial charge in [-0.15, -0.1) is 0 Å². The molecule has 2 aromatic rings. The number of carbonyl (C=O) groups excluding carboxylic acids is 2. The second kappa shape index (κ2) is 9.68. The molecule has 3 N–H and O–H groups in total. The van der Waals surface area contributed by atoms with Crippen molar-refractivity contribution < 1.29 is 64.3 Å². The monoisotopic (exact) mass is 388 g/mol. The third-order valence-electron chi connectivity index (χ3n) is 3.36. The molecule has 0 saturated heterocycles. The Labute approximate surface area is 176 Å². The van der Waals surface area contributed by atoms with Gasteiger partial charge >= 0.3 is 29.6 Å². The van der Waals surface area contributed by atoms with Gasteiger partial charge in [0.15, 0.2) is 5.78 Å². The molecule has 0 aromatic heterocycles. The summed E-state index contributed by atoms with van der Waals surface area (Å²) in [6, 6.07) is 6.63. The van der Waals surface area contributed by atoms with Gasteiger partial charge in [0, 0.05) is 18.6 Å². The zero-order valence-electron chi connectivity index (χ0n) is 13.9. The van der Waals surface area contributed by atoms with E-state index in [-0.39, 0.29) is 64.5 Å². The largest absolute Gasteiger partial charge is 1.00 e. The quantitative estimate of drug-likeness (QED) is 0.385. The summed E-state index contributed by atoms with van der Waals surface area (Å²) in [4.78, 5) is 22.6. The summed E-state index contributed by atoms with van der Waals surface area (Å²) in [6.07, 6.45) is 0.215. The van der Waals surface area contributed by atoms with Crippen molar-refractivity contribution >= 4 is 23.4 Å². The van der Waals surface area contributed by atoms with Gasteiger partial charge in [0.1, 0.15) is 35.2 Å². The van der Waals surface area contributed by atoms with Crippen molar-refractivity contribution in [3.05, 3.63) is 46.5 Å². The first-order valence-corrected chi connectivity index (χ1v) is 7.55. The Kier molecular flexibility index (Phi) is 8.23. The summed E-state index contributed by atoms with van der Waals surface area (Å²) < 4.78 is 4.78. The predicted molar refractivity (Wildman–Crippen MR) is 86.0 cm³/mol. The average Bonchev–Trinajstić information content (AvgIpc) is 2.53. The van der Waals surface area contributed by atoms with Crippen molar-refractivity contribution in [1.29, 1.82) is 0 Å². The van der Waals surface area contributed by atoms with Crippen LogP contribution in [0.25, 0.3) is 0 Å². The van der Waals surface area contributed by atoms with E-state index < -0.39 is 29.9 Å². The van der Waals surface area contributed by atoms with Crippen LogP contribution in [-0.4, -0.2) is 33.7 Å². The number of rotatable bonds is 7. The van der Waals surface area contributed by atoms with Crippen LogP contribution in [0.3, 0.4) is 0 Å². The molecule has 0 aliphatic heterocycles. The molecule has 0 saturated carbocycles. The molecule has 26 heavy (non-hydrogen) atoms. The number of phenols is 3. The van der Waals surface area contributed by atoms with E-state index in [9.17, 15) is 30.0 Å². The van der Waals surface area contributed by atoms with Gasteiger partial charge in [-0.2, -0.15) is 0 Å². The Morgan fingerprint density at radius 3 is 2.19 bits per heavy atom. The number of hydrogen-bond acceptors (Lipinski definition) is 7. The molecule has 0 aliphatic carbocycles. The molecule has 2 aromatic carbocycles. The summed E-state index contributed by atoms with van der Waals surface area (Å²) >= 11 is 5.71. The van der Waals surface area contributed by atoms with Gasteiger partial charge in [-0.1, -0.05) is 17.7 Å². The molecule has 0 radical (unpaired) electrons. The second-order valence-electron chi connectivity index (χ2n) is 5.21. The number of carboxylic acids is 1. The Balaban J connectivity index is 0.00000338. The normalized spacial score (nSPS) is 10.0. The first kappa shape index (κ1) is 22.1. The van der Waals surface area contributed by atoms with Crippen molar-refractivity contribution in [3.8, 4) is 23.0 Å². The van der Waals surface area contributed by atoms with Crippen LogP contribution in [0, 0.1) is 0 Å². The summed E-state index contributed by atoms with van der Waals surface area (Å²) in [6.45, 7) is -0.758. The molecule has 0 bridgehead atoms. The number of ether oxygens (including phenoxy) is 1. The van der Waals surface area contributed by atoms with E-state index in [0.717, 1.165) is 12.1 Å². The summed E-state index contributed by atoms with van der Waals surface area (Å²) in [5, 5.41) is 39.9. The molecule has 0 atom stereocenters. The fourth-order valence-corrected chi connectivity index (χ4v) is 2.31. The molecular formula is C17H14ClNaO7. The third-order valence-corrected chi connectivity index (χ3v) is 3.68. The number of Topliss-reactive ketones (excluding diaryl/α,β-unsaturated/α-hetero) is 1. The van der Waals surface area contributed by atoms with Crippen LogP contribution in [0.2, 0.25) is 5.02 Å². The molecular weight excluding hydrogens is 375 g/mol. The third kappa shape index (κ3) is 5.81. The van der Waals surface area contributed by atoms with Crippen LogP contribution in [0.1, 0.15) is 22.3 Å². The standard InChI is InChI=1S/C17H15ClO7.Na/c18-11-3-1-9(5-13(11)20)2-4-12(19)17-14(21)6-10(7-15(17)22)25-8-16(23)24;/h1,3,5-7,20-22H,2,4,8H2,(H,23,24);/q;+1/p-1. The molecule has 2 rings (SSSR count). The fourth-order valence-electron chi connectivity index (χ4n) is 2.19. The van der Waals surface area contributed by atoms with Crippen molar-refractivity contribution in [3.63, 3.8) is 0 Å². The number of carboxylic acid groups (broad SMARTS) is 1. The van der Waals surface area contributed by atoms with Crippen molar-refractivity contribution in [2.45, 2.75) is 12.8 Å². The van der Waals surface area contributed by atoms with Gasteiger partial charge < -0.3 is 30.0 Å². The molecule has 0 heterocycles. The summed E-state index contributed by atoms with van der Waals surface area (Å²) in [5.41, 5.74) is 0.363. The molecule has 0 fully saturated rings. The number of aliphatic carboxylic acids is 1. The van der Waals surface area contributed by atoms with Crippen molar-refractivity contribution in [2.24, 2.45) is 0 Å². The number of aromatic hydroxyl groups is 3. The number of phenolic OH excluding ortho intramolecular Hbond substituents is 3. The minimum atomic E-state index is -1.47.